The number of nitrogens with zero attached hydrogens (tertiary/aromatic N) is 3. The third-order valence-corrected chi connectivity index (χ3v) is 4.25. The topological polar surface area (TPSA) is 84.4 Å². The highest BCUT2D eigenvalue weighted by atomic mass is 16.5. The number of pyridine rings is 1. The number of furan rings is 1. The summed E-state index contributed by atoms with van der Waals surface area (Å²) < 4.78 is 10.9. The molecule has 0 atom stereocenters. The predicted molar refractivity (Wildman–Crippen MR) is 99.2 cm³/mol. The third kappa shape index (κ3) is 3.62. The molecule has 0 radical (unpaired) electrons. The van der Waals surface area contributed by atoms with Crippen LogP contribution in [-0.4, -0.2) is 48.1 Å². The molecular formula is C19H24N4O3. The number of aryl methyl sites for hydroxylation is 3. The molecule has 0 fully saturated rings. The van der Waals surface area contributed by atoms with Crippen molar-refractivity contribution in [2.24, 2.45) is 0 Å². The quantitative estimate of drug-likeness (QED) is 0.683. The number of hydrogen-bond donors (Lipinski definition) is 1. The molecule has 0 aromatic carbocycles. The van der Waals surface area contributed by atoms with Crippen LogP contribution in [0.4, 0.5) is 0 Å². The van der Waals surface area contributed by atoms with Gasteiger partial charge in [-0.1, -0.05) is 5.16 Å². The van der Waals surface area contributed by atoms with Gasteiger partial charge < -0.3 is 19.2 Å². The molecular weight excluding hydrogens is 332 g/mol. The highest BCUT2D eigenvalue weighted by Crippen LogP contribution is 2.30. The number of aromatic nitrogens is 2. The molecule has 7 heteroatoms. The van der Waals surface area contributed by atoms with E-state index in [-0.39, 0.29) is 5.91 Å². The molecule has 0 saturated carbocycles. The Bertz CT molecular complexity index is 940. The minimum Gasteiger partial charge on any atom is -0.466 e. The lowest BCUT2D eigenvalue weighted by Gasteiger charge is -2.10. The molecule has 7 nitrogen and oxygen atoms in total. The zero-order valence-electron chi connectivity index (χ0n) is 15.8. The summed E-state index contributed by atoms with van der Waals surface area (Å²) in [5.74, 6) is 1.40. The Kier molecular flexibility index (Phi) is 5.08. The number of carbonyl (C=O) groups is 1. The number of amides is 1. The Morgan fingerprint density at radius 2 is 2.00 bits per heavy atom. The second kappa shape index (κ2) is 7.29. The van der Waals surface area contributed by atoms with Crippen molar-refractivity contribution < 1.29 is 13.7 Å². The normalized spacial score (nSPS) is 11.5. The van der Waals surface area contributed by atoms with Crippen molar-refractivity contribution in [2.45, 2.75) is 27.2 Å². The van der Waals surface area contributed by atoms with E-state index in [2.05, 4.69) is 20.4 Å². The number of carbonyl (C=O) groups excluding carboxylic acids is 1. The summed E-state index contributed by atoms with van der Waals surface area (Å²) in [7, 11) is 4.02. The predicted octanol–water partition coefficient (Wildman–Crippen LogP) is 3.09. The first-order valence-electron chi connectivity index (χ1n) is 8.64. The van der Waals surface area contributed by atoms with E-state index in [1.807, 2.05) is 40.9 Å². The second-order valence-electron chi connectivity index (χ2n) is 6.74. The Labute approximate surface area is 152 Å². The minimum absolute atomic E-state index is 0.151. The van der Waals surface area contributed by atoms with Crippen molar-refractivity contribution in [3.63, 3.8) is 0 Å². The summed E-state index contributed by atoms with van der Waals surface area (Å²) in [6, 6.07) is 3.69. The van der Waals surface area contributed by atoms with Crippen LogP contribution in [0, 0.1) is 20.8 Å². The van der Waals surface area contributed by atoms with E-state index in [4.69, 9.17) is 8.94 Å². The van der Waals surface area contributed by atoms with Crippen molar-refractivity contribution in [1.29, 1.82) is 0 Å². The standard InChI is InChI=1S/C19H24N4O3/c1-11-9-14(13(3)25-11)16-10-15(17-12(2)22-26-19(17)21-16)18(24)20-7-6-8-23(4)5/h9-10H,6-8H2,1-5H3,(H,20,24). The lowest BCUT2D eigenvalue weighted by molar-refractivity contribution is 0.0954. The largest absolute Gasteiger partial charge is 0.466 e. The lowest BCUT2D eigenvalue weighted by atomic mass is 10.1. The molecule has 1 N–H and O–H groups in total. The van der Waals surface area contributed by atoms with Crippen molar-refractivity contribution >= 4 is 17.0 Å². The Morgan fingerprint density at radius 3 is 2.65 bits per heavy atom. The minimum atomic E-state index is -0.151. The van der Waals surface area contributed by atoms with Crippen LogP contribution in [0.25, 0.3) is 22.4 Å². The summed E-state index contributed by atoms with van der Waals surface area (Å²) in [6.45, 7) is 7.08. The average molecular weight is 356 g/mol. The van der Waals surface area contributed by atoms with Gasteiger partial charge in [-0.2, -0.15) is 0 Å². The van der Waals surface area contributed by atoms with Gasteiger partial charge in [0.2, 0.25) is 0 Å². The summed E-state index contributed by atoms with van der Waals surface area (Å²) in [4.78, 5) is 19.4. The molecule has 0 bridgehead atoms. The van der Waals surface area contributed by atoms with Gasteiger partial charge in [0.15, 0.2) is 0 Å². The molecule has 0 saturated heterocycles. The van der Waals surface area contributed by atoms with Gasteiger partial charge in [-0.15, -0.1) is 0 Å². The van der Waals surface area contributed by atoms with E-state index in [0.29, 0.717) is 34.6 Å². The molecule has 26 heavy (non-hydrogen) atoms. The highest BCUT2D eigenvalue weighted by molar-refractivity contribution is 6.07. The maximum Gasteiger partial charge on any atom is 0.259 e. The smallest absolute Gasteiger partial charge is 0.259 e. The zero-order chi connectivity index (χ0) is 18.8. The molecule has 3 rings (SSSR count). The fraction of sp³-hybridized carbons (Fsp3) is 0.421. The Morgan fingerprint density at radius 1 is 1.23 bits per heavy atom. The summed E-state index contributed by atoms with van der Waals surface area (Å²) in [5, 5.41) is 7.60. The van der Waals surface area contributed by atoms with Gasteiger partial charge in [0, 0.05) is 12.1 Å². The average Bonchev–Trinajstić information content (AvgIpc) is 3.12. The van der Waals surface area contributed by atoms with E-state index < -0.39 is 0 Å². The van der Waals surface area contributed by atoms with Crippen LogP contribution in [-0.2, 0) is 0 Å². The van der Waals surface area contributed by atoms with E-state index >= 15 is 0 Å². The van der Waals surface area contributed by atoms with Crippen molar-refractivity contribution in [2.75, 3.05) is 27.2 Å². The van der Waals surface area contributed by atoms with Crippen LogP contribution in [0.1, 0.15) is 34.0 Å². The molecule has 0 spiro atoms. The maximum absolute atomic E-state index is 12.8. The van der Waals surface area contributed by atoms with Crippen LogP contribution in [0.15, 0.2) is 21.1 Å². The van der Waals surface area contributed by atoms with Gasteiger partial charge in [-0.05, 0) is 60.0 Å². The molecule has 1 amide bonds. The van der Waals surface area contributed by atoms with Crippen LogP contribution in [0.2, 0.25) is 0 Å². The number of hydrogen-bond acceptors (Lipinski definition) is 6. The van der Waals surface area contributed by atoms with Gasteiger partial charge in [0.05, 0.1) is 22.3 Å². The third-order valence-electron chi connectivity index (χ3n) is 4.25. The van der Waals surface area contributed by atoms with Gasteiger partial charge in [0.1, 0.15) is 11.5 Å². The van der Waals surface area contributed by atoms with Crippen LogP contribution in [0.5, 0.6) is 0 Å². The van der Waals surface area contributed by atoms with Gasteiger partial charge in [-0.25, -0.2) is 4.98 Å². The number of rotatable bonds is 6. The Hall–Kier alpha value is -2.67. The molecule has 0 aliphatic carbocycles. The van der Waals surface area contributed by atoms with E-state index in [1.165, 1.54) is 0 Å². The highest BCUT2D eigenvalue weighted by Gasteiger charge is 2.20. The van der Waals surface area contributed by atoms with Gasteiger partial charge in [0.25, 0.3) is 11.6 Å². The van der Waals surface area contributed by atoms with Gasteiger partial charge in [-0.3, -0.25) is 4.79 Å². The molecule has 3 aromatic heterocycles. The molecule has 0 aliphatic rings. The van der Waals surface area contributed by atoms with E-state index in [1.54, 1.807) is 6.07 Å². The molecule has 0 unspecified atom stereocenters. The zero-order valence-corrected chi connectivity index (χ0v) is 15.8. The van der Waals surface area contributed by atoms with Crippen LogP contribution in [0.3, 0.4) is 0 Å². The van der Waals surface area contributed by atoms with E-state index in [9.17, 15) is 4.79 Å². The fourth-order valence-electron chi connectivity index (χ4n) is 2.99. The molecule has 0 aliphatic heterocycles. The Balaban J connectivity index is 1.96. The summed E-state index contributed by atoms with van der Waals surface area (Å²) in [5.41, 5.74) is 3.02. The second-order valence-corrected chi connectivity index (χ2v) is 6.74. The fourth-order valence-corrected chi connectivity index (χ4v) is 2.99. The maximum atomic E-state index is 12.8. The first kappa shape index (κ1) is 18.1. The molecule has 138 valence electrons. The van der Waals surface area contributed by atoms with Crippen molar-refractivity contribution in [1.82, 2.24) is 20.4 Å². The van der Waals surface area contributed by atoms with E-state index in [0.717, 1.165) is 30.0 Å². The summed E-state index contributed by atoms with van der Waals surface area (Å²) >= 11 is 0. The van der Waals surface area contributed by atoms with Crippen LogP contribution >= 0.6 is 0 Å². The number of nitrogens with one attached hydrogen (secondary N) is 1. The number of fused-ring (bicyclic) bond motifs is 1. The monoisotopic (exact) mass is 356 g/mol. The van der Waals surface area contributed by atoms with Crippen molar-refractivity contribution in [3.05, 3.63) is 34.9 Å². The SMILES string of the molecule is Cc1cc(-c2cc(C(=O)NCCCN(C)C)c3c(C)noc3n2)c(C)o1. The van der Waals surface area contributed by atoms with Crippen molar-refractivity contribution in [3.8, 4) is 11.3 Å². The first-order chi connectivity index (χ1) is 12.4. The van der Waals surface area contributed by atoms with Gasteiger partial charge >= 0.3 is 0 Å². The molecule has 3 aromatic rings. The summed E-state index contributed by atoms with van der Waals surface area (Å²) in [6.07, 6.45) is 0.877. The molecule has 3 heterocycles. The first-order valence-corrected chi connectivity index (χ1v) is 8.64. The lowest BCUT2D eigenvalue weighted by Crippen LogP contribution is -2.27. The van der Waals surface area contributed by atoms with Crippen LogP contribution < -0.4 is 5.32 Å².